The van der Waals surface area contributed by atoms with Crippen molar-refractivity contribution in [1.82, 2.24) is 10.6 Å². The van der Waals surface area contributed by atoms with Gasteiger partial charge >= 0.3 is 0 Å². The molecule has 1 atom stereocenters. The molecule has 0 saturated heterocycles. The molecule has 1 heterocycles. The number of hydrogen-bond donors (Lipinski definition) is 2. The van der Waals surface area contributed by atoms with Crippen molar-refractivity contribution in [3.05, 3.63) is 64.7 Å². The van der Waals surface area contributed by atoms with Gasteiger partial charge in [-0.25, -0.2) is 4.40 Å². The Bertz CT molecular complexity index is 714. The summed E-state index contributed by atoms with van der Waals surface area (Å²) in [5, 5.41) is 7.38. The molecule has 0 aromatic heterocycles. The Morgan fingerprint density at radius 2 is 1.88 bits per heavy atom. The van der Waals surface area contributed by atoms with Gasteiger partial charge in [0.15, 0.2) is 0 Å². The van der Waals surface area contributed by atoms with Crippen LogP contribution in [-0.2, 0) is 0 Å². The van der Waals surface area contributed by atoms with Crippen molar-refractivity contribution in [1.29, 1.82) is 0 Å². The summed E-state index contributed by atoms with van der Waals surface area (Å²) in [5.74, 6) is 0.256. The van der Waals surface area contributed by atoms with Gasteiger partial charge in [-0.15, -0.1) is 0 Å². The second-order valence-corrected chi connectivity index (χ2v) is 7.12. The lowest BCUT2D eigenvalue weighted by molar-refractivity contribution is 0.443. The first-order valence-corrected chi connectivity index (χ1v) is 9.32. The van der Waals surface area contributed by atoms with E-state index in [0.29, 0.717) is 6.17 Å². The molecule has 5 heteroatoms. The second-order valence-electron chi connectivity index (χ2n) is 5.88. The van der Waals surface area contributed by atoms with Crippen LogP contribution < -0.4 is 10.6 Å². The predicted octanol–water partition coefficient (Wildman–Crippen LogP) is 4.48. The van der Waals surface area contributed by atoms with Gasteiger partial charge in [0.2, 0.25) is 0 Å². The molecule has 0 fully saturated rings. The Labute approximate surface area is 153 Å². The number of benzene rings is 2. The van der Waals surface area contributed by atoms with Gasteiger partial charge in [-0.3, -0.25) is 0 Å². The fourth-order valence-corrected chi connectivity index (χ4v) is 4.15. The average molecular weight is 360 g/mol. The minimum atomic E-state index is 0.256. The Hall–Kier alpha value is -1.33. The quantitative estimate of drug-likeness (QED) is 0.589. The topological polar surface area (TPSA) is 36.4 Å². The zero-order valence-electron chi connectivity index (χ0n) is 13.9. The number of rotatable bonds is 6. The standard InChI is InChI=1S/C19H22ClN3S/c1-21-18(22-2)11-9-15-16-12-14(20)8-10-17(16)24-23-19(15)13-6-4-3-5-7-13/h3-8,10,12,15,18,21-22H,9,11H2,1-2H3. The van der Waals surface area contributed by atoms with Crippen LogP contribution in [0.15, 0.2) is 57.8 Å². The first-order chi connectivity index (χ1) is 11.7. The van der Waals surface area contributed by atoms with E-state index < -0.39 is 0 Å². The molecule has 126 valence electrons. The molecule has 0 radical (unpaired) electrons. The summed E-state index contributed by atoms with van der Waals surface area (Å²) < 4.78 is 4.83. The van der Waals surface area contributed by atoms with Gasteiger partial charge in [0.25, 0.3) is 0 Å². The van der Waals surface area contributed by atoms with Crippen molar-refractivity contribution in [2.75, 3.05) is 14.1 Å². The molecule has 0 saturated carbocycles. The SMILES string of the molecule is CNC(CCC1C(c2ccccc2)=NSc2ccc(Cl)cc21)NC. The van der Waals surface area contributed by atoms with E-state index in [1.54, 1.807) is 11.9 Å². The zero-order valence-corrected chi connectivity index (χ0v) is 15.5. The predicted molar refractivity (Wildman–Crippen MR) is 104 cm³/mol. The van der Waals surface area contributed by atoms with Crippen LogP contribution in [0.3, 0.4) is 0 Å². The number of hydrogen-bond acceptors (Lipinski definition) is 4. The maximum absolute atomic E-state index is 6.28. The van der Waals surface area contributed by atoms with E-state index in [4.69, 9.17) is 16.0 Å². The molecule has 24 heavy (non-hydrogen) atoms. The van der Waals surface area contributed by atoms with Crippen LogP contribution in [0.5, 0.6) is 0 Å². The number of nitrogens with one attached hydrogen (secondary N) is 2. The molecule has 1 aliphatic rings. The van der Waals surface area contributed by atoms with Crippen molar-refractivity contribution < 1.29 is 0 Å². The molecule has 3 rings (SSSR count). The molecule has 2 aromatic carbocycles. The zero-order chi connectivity index (χ0) is 16.9. The van der Waals surface area contributed by atoms with Crippen LogP contribution >= 0.6 is 23.5 Å². The van der Waals surface area contributed by atoms with Gasteiger partial charge < -0.3 is 10.6 Å². The maximum Gasteiger partial charge on any atom is 0.0638 e. The Morgan fingerprint density at radius 1 is 1.12 bits per heavy atom. The van der Waals surface area contributed by atoms with Gasteiger partial charge in [-0.2, -0.15) is 0 Å². The summed E-state index contributed by atoms with van der Waals surface area (Å²) in [6, 6.07) is 16.6. The van der Waals surface area contributed by atoms with E-state index in [-0.39, 0.29) is 5.92 Å². The number of halogens is 1. The largest absolute Gasteiger partial charge is 0.305 e. The highest BCUT2D eigenvalue weighted by atomic mass is 35.5. The number of fused-ring (bicyclic) bond motifs is 1. The van der Waals surface area contributed by atoms with E-state index in [0.717, 1.165) is 23.6 Å². The highest BCUT2D eigenvalue weighted by Gasteiger charge is 2.27. The van der Waals surface area contributed by atoms with Crippen LogP contribution in [0.25, 0.3) is 0 Å². The van der Waals surface area contributed by atoms with Gasteiger partial charge in [-0.1, -0.05) is 41.9 Å². The summed E-state index contributed by atoms with van der Waals surface area (Å²) in [6.07, 6.45) is 2.31. The van der Waals surface area contributed by atoms with Crippen molar-refractivity contribution in [3.63, 3.8) is 0 Å². The second kappa shape index (κ2) is 8.17. The molecule has 0 spiro atoms. The lowest BCUT2D eigenvalue weighted by Crippen LogP contribution is -2.38. The van der Waals surface area contributed by atoms with Crippen molar-refractivity contribution in [3.8, 4) is 0 Å². The third kappa shape index (κ3) is 3.83. The van der Waals surface area contributed by atoms with Crippen molar-refractivity contribution in [2.45, 2.75) is 29.8 Å². The summed E-state index contributed by atoms with van der Waals surface area (Å²) in [4.78, 5) is 1.20. The molecule has 1 unspecified atom stereocenters. The molecule has 1 aliphatic heterocycles. The first-order valence-electron chi connectivity index (χ1n) is 8.17. The molecule has 3 nitrogen and oxygen atoms in total. The van der Waals surface area contributed by atoms with Crippen molar-refractivity contribution in [2.24, 2.45) is 4.40 Å². The molecule has 2 N–H and O–H groups in total. The Balaban J connectivity index is 1.94. The summed E-state index contributed by atoms with van der Waals surface area (Å²) in [5.41, 5.74) is 3.61. The van der Waals surface area contributed by atoms with Crippen LogP contribution in [0, 0.1) is 0 Å². The van der Waals surface area contributed by atoms with E-state index in [1.165, 1.54) is 16.0 Å². The Kier molecular flexibility index (Phi) is 5.95. The lowest BCUT2D eigenvalue weighted by atomic mass is 9.85. The van der Waals surface area contributed by atoms with Crippen LogP contribution in [0.2, 0.25) is 5.02 Å². The summed E-state index contributed by atoms with van der Waals surface area (Å²) in [6.45, 7) is 0. The van der Waals surface area contributed by atoms with E-state index in [9.17, 15) is 0 Å². The lowest BCUT2D eigenvalue weighted by Gasteiger charge is -2.27. The number of nitrogens with zero attached hydrogens (tertiary/aromatic N) is 1. The highest BCUT2D eigenvalue weighted by molar-refractivity contribution is 7.98. The molecule has 0 aliphatic carbocycles. The van der Waals surface area contributed by atoms with Gasteiger partial charge in [0.1, 0.15) is 0 Å². The smallest absolute Gasteiger partial charge is 0.0638 e. The molecular formula is C19H22ClN3S. The molecular weight excluding hydrogens is 338 g/mol. The third-order valence-corrected chi connectivity index (χ3v) is 5.52. The van der Waals surface area contributed by atoms with E-state index >= 15 is 0 Å². The molecule has 0 amide bonds. The fourth-order valence-electron chi connectivity index (χ4n) is 3.11. The highest BCUT2D eigenvalue weighted by Crippen LogP contribution is 2.41. The van der Waals surface area contributed by atoms with Crippen LogP contribution in [-0.4, -0.2) is 26.0 Å². The third-order valence-electron chi connectivity index (χ3n) is 4.43. The van der Waals surface area contributed by atoms with E-state index in [2.05, 4.69) is 47.0 Å². The van der Waals surface area contributed by atoms with Gasteiger partial charge in [0.05, 0.1) is 11.9 Å². The molecule has 2 aromatic rings. The average Bonchev–Trinajstić information content (AvgIpc) is 2.63. The summed E-state index contributed by atoms with van der Waals surface area (Å²) >= 11 is 7.83. The molecule has 0 bridgehead atoms. The van der Waals surface area contributed by atoms with Crippen LogP contribution in [0.1, 0.15) is 29.9 Å². The maximum atomic E-state index is 6.28. The Morgan fingerprint density at radius 3 is 2.58 bits per heavy atom. The normalized spacial score (nSPS) is 16.8. The monoisotopic (exact) mass is 359 g/mol. The van der Waals surface area contributed by atoms with Crippen molar-refractivity contribution >= 4 is 29.3 Å². The minimum absolute atomic E-state index is 0.256. The fraction of sp³-hybridized carbons (Fsp3) is 0.316. The van der Waals surface area contributed by atoms with Gasteiger partial charge in [0, 0.05) is 27.8 Å². The summed E-state index contributed by atoms with van der Waals surface area (Å²) in [7, 11) is 3.96. The van der Waals surface area contributed by atoms with Gasteiger partial charge in [-0.05, 0) is 56.3 Å². The van der Waals surface area contributed by atoms with Crippen LogP contribution in [0.4, 0.5) is 0 Å². The van der Waals surface area contributed by atoms with E-state index in [1.807, 2.05) is 26.2 Å². The minimum Gasteiger partial charge on any atom is -0.305 e. The first kappa shape index (κ1) is 17.5.